The average molecular weight is 262 g/mol. The van der Waals surface area contributed by atoms with Gasteiger partial charge >= 0.3 is 0 Å². The molecule has 18 heavy (non-hydrogen) atoms. The first-order valence-electron chi connectivity index (χ1n) is 6.74. The monoisotopic (exact) mass is 262 g/mol. The molecule has 0 spiro atoms. The molecule has 1 saturated heterocycles. The molecular weight excluding hydrogens is 236 g/mol. The molecule has 6 nitrogen and oxygen atoms in total. The first-order valence-corrected chi connectivity index (χ1v) is 6.74. The predicted molar refractivity (Wildman–Crippen MR) is 67.9 cm³/mol. The lowest BCUT2D eigenvalue weighted by Crippen LogP contribution is -2.36. The summed E-state index contributed by atoms with van der Waals surface area (Å²) >= 11 is 0. The summed E-state index contributed by atoms with van der Waals surface area (Å²) in [4.78, 5) is 2.07. The summed E-state index contributed by atoms with van der Waals surface area (Å²) in [5.41, 5.74) is 5.52. The number of ether oxygens (including phenoxy) is 2. The smallest absolute Gasteiger partial charge is 0.157 e. The maximum Gasteiger partial charge on any atom is 0.157 e. The van der Waals surface area contributed by atoms with Crippen LogP contribution in [0.4, 0.5) is 0 Å². The van der Waals surface area contributed by atoms with Gasteiger partial charge in [0.1, 0.15) is 0 Å². The molecule has 1 unspecified atom stereocenters. The van der Waals surface area contributed by atoms with Gasteiger partial charge in [0.15, 0.2) is 12.6 Å². The minimum absolute atomic E-state index is 0.0677. The van der Waals surface area contributed by atoms with Crippen LogP contribution in [0.1, 0.15) is 25.7 Å². The van der Waals surface area contributed by atoms with Crippen molar-refractivity contribution in [2.75, 3.05) is 39.4 Å². The van der Waals surface area contributed by atoms with Crippen molar-refractivity contribution in [3.63, 3.8) is 0 Å². The highest BCUT2D eigenvalue weighted by Crippen LogP contribution is 2.13. The molecule has 0 saturated carbocycles. The van der Waals surface area contributed by atoms with Crippen LogP contribution in [0.15, 0.2) is 0 Å². The second-order valence-corrected chi connectivity index (χ2v) is 4.57. The maximum atomic E-state index is 8.85. The topological polar surface area (TPSA) is 88.2 Å². The van der Waals surface area contributed by atoms with Crippen LogP contribution >= 0.6 is 0 Å². The third-order valence-electron chi connectivity index (χ3n) is 3.00. The standard InChI is InChI=1S/C12H26N2O4/c13-5-7-14(6-4-11(15)16)8-10-18-12-3-1-2-9-17-12/h11-12,15-16H,1-10,13H2. The summed E-state index contributed by atoms with van der Waals surface area (Å²) < 4.78 is 11.1. The van der Waals surface area contributed by atoms with Gasteiger partial charge in [-0.3, -0.25) is 4.90 Å². The van der Waals surface area contributed by atoms with Crippen LogP contribution in [0, 0.1) is 0 Å². The number of rotatable bonds is 9. The van der Waals surface area contributed by atoms with Crippen molar-refractivity contribution in [2.45, 2.75) is 38.3 Å². The van der Waals surface area contributed by atoms with Gasteiger partial charge in [0.2, 0.25) is 0 Å². The Bertz CT molecular complexity index is 199. The molecule has 0 aromatic rings. The summed E-state index contributed by atoms with van der Waals surface area (Å²) in [5, 5.41) is 17.7. The fourth-order valence-corrected chi connectivity index (χ4v) is 1.97. The Morgan fingerprint density at radius 1 is 1.28 bits per heavy atom. The molecule has 1 heterocycles. The summed E-state index contributed by atoms with van der Waals surface area (Å²) in [5.74, 6) is 0. The Hall–Kier alpha value is -0.240. The molecule has 0 bridgehead atoms. The molecule has 1 aliphatic heterocycles. The zero-order valence-electron chi connectivity index (χ0n) is 11.0. The van der Waals surface area contributed by atoms with E-state index in [9.17, 15) is 0 Å². The lowest BCUT2D eigenvalue weighted by molar-refractivity contribution is -0.164. The van der Waals surface area contributed by atoms with Crippen LogP contribution in [-0.4, -0.2) is 67.1 Å². The van der Waals surface area contributed by atoms with Crippen LogP contribution < -0.4 is 5.73 Å². The van der Waals surface area contributed by atoms with Crippen molar-refractivity contribution >= 4 is 0 Å². The van der Waals surface area contributed by atoms with Crippen LogP contribution in [0.3, 0.4) is 0 Å². The molecular formula is C12H26N2O4. The Labute approximate surface area is 109 Å². The number of nitrogens with two attached hydrogens (primary N) is 1. The van der Waals surface area contributed by atoms with Gasteiger partial charge in [-0.05, 0) is 19.3 Å². The number of hydrogen-bond acceptors (Lipinski definition) is 6. The Kier molecular flexibility index (Phi) is 8.49. The van der Waals surface area contributed by atoms with Gasteiger partial charge in [0.25, 0.3) is 0 Å². The van der Waals surface area contributed by atoms with Gasteiger partial charge in [-0.15, -0.1) is 0 Å². The highest BCUT2D eigenvalue weighted by Gasteiger charge is 2.14. The fraction of sp³-hybridized carbons (Fsp3) is 1.00. The van der Waals surface area contributed by atoms with E-state index in [4.69, 9.17) is 25.4 Å². The highest BCUT2D eigenvalue weighted by molar-refractivity contribution is 4.60. The van der Waals surface area contributed by atoms with Gasteiger partial charge < -0.3 is 25.4 Å². The van der Waals surface area contributed by atoms with E-state index < -0.39 is 6.29 Å². The lowest BCUT2D eigenvalue weighted by Gasteiger charge is -2.26. The Balaban J connectivity index is 2.11. The molecule has 1 atom stereocenters. The van der Waals surface area contributed by atoms with E-state index in [1.165, 1.54) is 0 Å². The van der Waals surface area contributed by atoms with Gasteiger partial charge in [-0.25, -0.2) is 0 Å². The van der Waals surface area contributed by atoms with E-state index in [0.717, 1.165) is 39.0 Å². The minimum atomic E-state index is -1.26. The third kappa shape index (κ3) is 7.25. The first-order chi connectivity index (χ1) is 8.72. The zero-order chi connectivity index (χ0) is 13.2. The number of hydrogen-bond donors (Lipinski definition) is 3. The van der Waals surface area contributed by atoms with Gasteiger partial charge in [-0.1, -0.05) is 0 Å². The van der Waals surface area contributed by atoms with Crippen LogP contribution in [0.5, 0.6) is 0 Å². The third-order valence-corrected chi connectivity index (χ3v) is 3.00. The van der Waals surface area contributed by atoms with Crippen molar-refractivity contribution in [3.05, 3.63) is 0 Å². The van der Waals surface area contributed by atoms with E-state index in [2.05, 4.69) is 4.90 Å². The summed E-state index contributed by atoms with van der Waals surface area (Å²) in [6.07, 6.45) is 2.25. The molecule has 4 N–H and O–H groups in total. The quantitative estimate of drug-likeness (QED) is 0.485. The van der Waals surface area contributed by atoms with Crippen molar-refractivity contribution in [2.24, 2.45) is 5.73 Å². The molecule has 0 aromatic carbocycles. The molecule has 6 heteroatoms. The van der Waals surface area contributed by atoms with Crippen molar-refractivity contribution in [3.8, 4) is 0 Å². The summed E-state index contributed by atoms with van der Waals surface area (Å²) in [6.45, 7) is 4.02. The maximum absolute atomic E-state index is 8.85. The average Bonchev–Trinajstić information content (AvgIpc) is 2.37. The number of nitrogens with zero attached hydrogens (tertiary/aromatic N) is 1. The molecule has 0 amide bonds. The van der Waals surface area contributed by atoms with Crippen molar-refractivity contribution in [1.82, 2.24) is 4.90 Å². The molecule has 0 aromatic heterocycles. The predicted octanol–water partition coefficient (Wildman–Crippen LogP) is -0.509. The normalized spacial score (nSPS) is 20.8. The van der Waals surface area contributed by atoms with Gasteiger partial charge in [0, 0.05) is 39.2 Å². The lowest BCUT2D eigenvalue weighted by atomic mass is 10.2. The second kappa shape index (κ2) is 9.66. The molecule has 1 rings (SSSR count). The minimum Gasteiger partial charge on any atom is -0.368 e. The van der Waals surface area contributed by atoms with Crippen molar-refractivity contribution < 1.29 is 19.7 Å². The fourth-order valence-electron chi connectivity index (χ4n) is 1.97. The summed E-state index contributed by atoms with van der Waals surface area (Å²) in [6, 6.07) is 0. The molecule has 0 aliphatic carbocycles. The molecule has 0 radical (unpaired) electrons. The largest absolute Gasteiger partial charge is 0.368 e. The van der Waals surface area contributed by atoms with E-state index in [-0.39, 0.29) is 6.29 Å². The van der Waals surface area contributed by atoms with E-state index in [1.54, 1.807) is 0 Å². The highest BCUT2D eigenvalue weighted by atomic mass is 16.7. The first kappa shape index (κ1) is 15.8. The van der Waals surface area contributed by atoms with Crippen LogP contribution in [0.25, 0.3) is 0 Å². The Morgan fingerprint density at radius 2 is 2.11 bits per heavy atom. The van der Waals surface area contributed by atoms with Crippen LogP contribution in [-0.2, 0) is 9.47 Å². The second-order valence-electron chi connectivity index (χ2n) is 4.57. The zero-order valence-corrected chi connectivity index (χ0v) is 11.0. The van der Waals surface area contributed by atoms with E-state index in [0.29, 0.717) is 26.1 Å². The SMILES string of the molecule is NCCN(CCOC1CCCCO1)CCC(O)O. The molecule has 1 fully saturated rings. The molecule has 1 aliphatic rings. The summed E-state index contributed by atoms with van der Waals surface area (Å²) in [7, 11) is 0. The van der Waals surface area contributed by atoms with E-state index >= 15 is 0 Å². The molecule has 108 valence electrons. The van der Waals surface area contributed by atoms with Gasteiger partial charge in [-0.2, -0.15) is 0 Å². The van der Waals surface area contributed by atoms with Gasteiger partial charge in [0.05, 0.1) is 6.61 Å². The van der Waals surface area contributed by atoms with E-state index in [1.807, 2.05) is 0 Å². The number of aliphatic hydroxyl groups is 2. The Morgan fingerprint density at radius 3 is 2.72 bits per heavy atom. The number of aliphatic hydroxyl groups excluding tert-OH is 1. The van der Waals surface area contributed by atoms with Crippen LogP contribution in [0.2, 0.25) is 0 Å². The van der Waals surface area contributed by atoms with Crippen molar-refractivity contribution in [1.29, 1.82) is 0 Å².